The molecule has 0 bridgehead atoms. The lowest BCUT2D eigenvalue weighted by Crippen LogP contribution is -2.39. The molecule has 0 aliphatic carbocycles. The number of hydrogen-bond acceptors (Lipinski definition) is 5. The van der Waals surface area contributed by atoms with Crippen molar-refractivity contribution in [2.24, 2.45) is 0 Å². The van der Waals surface area contributed by atoms with Crippen LogP contribution in [0.2, 0.25) is 5.02 Å². The summed E-state index contributed by atoms with van der Waals surface area (Å²) in [6.45, 7) is 1.44. The van der Waals surface area contributed by atoms with Crippen LogP contribution in [-0.4, -0.2) is 51.8 Å². The Labute approximate surface area is 134 Å². The van der Waals surface area contributed by atoms with Gasteiger partial charge in [0.25, 0.3) is 5.91 Å². The minimum Gasteiger partial charge on any atom is -0.467 e. The van der Waals surface area contributed by atoms with Crippen molar-refractivity contribution in [2.45, 2.75) is 17.9 Å². The van der Waals surface area contributed by atoms with Crippen LogP contribution in [0.25, 0.3) is 0 Å². The van der Waals surface area contributed by atoms with Gasteiger partial charge in [0.1, 0.15) is 6.04 Å². The first-order valence-corrected chi connectivity index (χ1v) is 8.03. The number of methoxy groups -OCH3 is 1. The predicted octanol–water partition coefficient (Wildman–Crippen LogP) is 0.882. The number of sulfonamides is 1. The van der Waals surface area contributed by atoms with Gasteiger partial charge in [0.2, 0.25) is 10.0 Å². The molecule has 22 heavy (non-hydrogen) atoms. The number of nitrogens with one attached hydrogen (secondary N) is 1. The standard InChI is InChI=1S/C13H17ClN2O5S/c1-8(13(18)21-4)15-12(17)10-7-9(5-6-11(10)14)22(19,20)16(2)3/h5-8H,1-4H3,(H,15,17)/t8-/m1/s1. The highest BCUT2D eigenvalue weighted by Gasteiger charge is 2.23. The van der Waals surface area contributed by atoms with E-state index in [0.717, 1.165) is 10.4 Å². The van der Waals surface area contributed by atoms with Gasteiger partial charge in [0, 0.05) is 14.1 Å². The Hall–Kier alpha value is -1.64. The first-order valence-electron chi connectivity index (χ1n) is 6.22. The zero-order valence-corrected chi connectivity index (χ0v) is 14.2. The van der Waals surface area contributed by atoms with E-state index >= 15 is 0 Å². The molecule has 1 aromatic carbocycles. The Morgan fingerprint density at radius 1 is 1.32 bits per heavy atom. The van der Waals surface area contributed by atoms with Gasteiger partial charge >= 0.3 is 5.97 Å². The average Bonchev–Trinajstić information content (AvgIpc) is 2.46. The number of rotatable bonds is 5. The van der Waals surface area contributed by atoms with Crippen molar-refractivity contribution in [3.63, 3.8) is 0 Å². The van der Waals surface area contributed by atoms with Crippen molar-refractivity contribution in [3.05, 3.63) is 28.8 Å². The number of amides is 1. The molecule has 1 rings (SSSR count). The minimum absolute atomic E-state index is 0.0413. The number of ether oxygens (including phenoxy) is 1. The van der Waals surface area contributed by atoms with Gasteiger partial charge in [-0.1, -0.05) is 11.6 Å². The molecule has 122 valence electrons. The molecule has 1 N–H and O–H groups in total. The second kappa shape index (κ2) is 7.08. The normalized spacial score (nSPS) is 12.8. The van der Waals surface area contributed by atoms with E-state index in [1.54, 1.807) is 0 Å². The van der Waals surface area contributed by atoms with Crippen LogP contribution in [0.15, 0.2) is 23.1 Å². The monoisotopic (exact) mass is 348 g/mol. The zero-order chi connectivity index (χ0) is 17.1. The molecule has 0 saturated carbocycles. The van der Waals surface area contributed by atoms with Crippen LogP contribution in [0.4, 0.5) is 0 Å². The molecule has 9 heteroatoms. The third-order valence-electron chi connectivity index (χ3n) is 2.86. The fourth-order valence-electron chi connectivity index (χ4n) is 1.56. The molecule has 1 amide bonds. The van der Waals surface area contributed by atoms with E-state index in [1.165, 1.54) is 40.3 Å². The molecule has 0 unspecified atom stereocenters. The molecule has 0 aromatic heterocycles. The number of nitrogens with zero attached hydrogens (tertiary/aromatic N) is 1. The van der Waals surface area contributed by atoms with Gasteiger partial charge in [-0.25, -0.2) is 17.5 Å². The fraction of sp³-hybridized carbons (Fsp3) is 0.385. The summed E-state index contributed by atoms with van der Waals surface area (Å²) in [7, 11) is 0.257. The fourth-order valence-corrected chi connectivity index (χ4v) is 2.69. The van der Waals surface area contributed by atoms with Crippen molar-refractivity contribution in [1.82, 2.24) is 9.62 Å². The molecular weight excluding hydrogens is 332 g/mol. The van der Waals surface area contributed by atoms with E-state index in [1.807, 2.05) is 0 Å². The van der Waals surface area contributed by atoms with Gasteiger partial charge in [-0.05, 0) is 25.1 Å². The Kier molecular flexibility index (Phi) is 5.92. The molecule has 0 aliphatic rings. The van der Waals surface area contributed by atoms with Gasteiger partial charge in [0.05, 0.1) is 22.6 Å². The van der Waals surface area contributed by atoms with Crippen molar-refractivity contribution in [2.75, 3.05) is 21.2 Å². The highest BCUT2D eigenvalue weighted by atomic mass is 35.5. The van der Waals surface area contributed by atoms with Crippen LogP contribution in [0.5, 0.6) is 0 Å². The summed E-state index contributed by atoms with van der Waals surface area (Å²) in [4.78, 5) is 23.4. The Morgan fingerprint density at radius 2 is 1.91 bits per heavy atom. The molecule has 0 radical (unpaired) electrons. The molecule has 0 fully saturated rings. The smallest absolute Gasteiger partial charge is 0.328 e. The van der Waals surface area contributed by atoms with Crippen LogP contribution in [0.1, 0.15) is 17.3 Å². The molecule has 1 atom stereocenters. The number of carbonyl (C=O) groups excluding carboxylic acids is 2. The molecule has 0 heterocycles. The average molecular weight is 349 g/mol. The highest BCUT2D eigenvalue weighted by Crippen LogP contribution is 2.22. The van der Waals surface area contributed by atoms with E-state index in [0.29, 0.717) is 0 Å². The first-order chi connectivity index (χ1) is 10.1. The quantitative estimate of drug-likeness (QED) is 0.797. The Bertz CT molecular complexity index is 688. The second-order valence-electron chi connectivity index (χ2n) is 4.65. The largest absolute Gasteiger partial charge is 0.467 e. The topological polar surface area (TPSA) is 92.8 Å². The van der Waals surface area contributed by atoms with E-state index in [2.05, 4.69) is 10.1 Å². The minimum atomic E-state index is -3.70. The lowest BCUT2D eigenvalue weighted by atomic mass is 10.2. The van der Waals surface area contributed by atoms with Gasteiger partial charge < -0.3 is 10.1 Å². The van der Waals surface area contributed by atoms with Crippen LogP contribution in [-0.2, 0) is 19.6 Å². The first kappa shape index (κ1) is 18.4. The zero-order valence-electron chi connectivity index (χ0n) is 12.6. The molecule has 0 spiro atoms. The van der Waals surface area contributed by atoms with Crippen LogP contribution < -0.4 is 5.32 Å². The summed E-state index contributed by atoms with van der Waals surface area (Å²) in [6, 6.07) is 2.90. The van der Waals surface area contributed by atoms with Crippen molar-refractivity contribution in [3.8, 4) is 0 Å². The number of benzene rings is 1. The maximum absolute atomic E-state index is 12.1. The van der Waals surface area contributed by atoms with Gasteiger partial charge in [0.15, 0.2) is 0 Å². The number of carbonyl (C=O) groups is 2. The van der Waals surface area contributed by atoms with E-state index in [-0.39, 0.29) is 15.5 Å². The molecule has 1 aromatic rings. The van der Waals surface area contributed by atoms with E-state index < -0.39 is 27.9 Å². The number of halogens is 1. The maximum atomic E-state index is 12.1. The maximum Gasteiger partial charge on any atom is 0.328 e. The van der Waals surface area contributed by atoms with Gasteiger partial charge in [-0.3, -0.25) is 4.79 Å². The van der Waals surface area contributed by atoms with Gasteiger partial charge in [-0.2, -0.15) is 0 Å². The Balaban J connectivity index is 3.15. The van der Waals surface area contributed by atoms with Crippen LogP contribution in [0, 0.1) is 0 Å². The lowest BCUT2D eigenvalue weighted by molar-refractivity contribution is -0.142. The Morgan fingerprint density at radius 3 is 2.41 bits per heavy atom. The lowest BCUT2D eigenvalue weighted by Gasteiger charge is -2.15. The summed E-state index contributed by atoms with van der Waals surface area (Å²) >= 11 is 5.93. The molecule has 0 aliphatic heterocycles. The SMILES string of the molecule is COC(=O)[C@@H](C)NC(=O)c1cc(S(=O)(=O)N(C)C)ccc1Cl. The number of hydrogen-bond donors (Lipinski definition) is 1. The summed E-state index contributed by atoms with van der Waals surface area (Å²) < 4.78 is 29.7. The van der Waals surface area contributed by atoms with E-state index in [4.69, 9.17) is 11.6 Å². The molecule has 7 nitrogen and oxygen atoms in total. The third kappa shape index (κ3) is 3.96. The van der Waals surface area contributed by atoms with Crippen LogP contribution >= 0.6 is 11.6 Å². The second-order valence-corrected chi connectivity index (χ2v) is 7.21. The summed E-state index contributed by atoms with van der Waals surface area (Å²) in [5.41, 5.74) is -0.0413. The summed E-state index contributed by atoms with van der Waals surface area (Å²) in [5, 5.41) is 2.47. The van der Waals surface area contributed by atoms with Crippen molar-refractivity contribution >= 4 is 33.5 Å². The van der Waals surface area contributed by atoms with Crippen LogP contribution in [0.3, 0.4) is 0 Å². The highest BCUT2D eigenvalue weighted by molar-refractivity contribution is 7.89. The van der Waals surface area contributed by atoms with Gasteiger partial charge in [-0.15, -0.1) is 0 Å². The molecule has 0 saturated heterocycles. The predicted molar refractivity (Wildman–Crippen MR) is 81.3 cm³/mol. The third-order valence-corrected chi connectivity index (χ3v) is 5.00. The van der Waals surface area contributed by atoms with Crippen molar-refractivity contribution in [1.29, 1.82) is 0 Å². The summed E-state index contributed by atoms with van der Waals surface area (Å²) in [6.07, 6.45) is 0. The van der Waals surface area contributed by atoms with E-state index in [9.17, 15) is 18.0 Å². The molecular formula is C13H17ClN2O5S. The number of esters is 1. The van der Waals surface area contributed by atoms with Crippen molar-refractivity contribution < 1.29 is 22.7 Å². The summed E-state index contributed by atoms with van der Waals surface area (Å²) in [5.74, 6) is -1.29.